The Labute approximate surface area is 121 Å². The minimum atomic E-state index is -0.473. The highest BCUT2D eigenvalue weighted by Gasteiger charge is 2.08. The van der Waals surface area contributed by atoms with Gasteiger partial charge >= 0.3 is 5.97 Å². The van der Waals surface area contributed by atoms with Crippen LogP contribution in [0.15, 0.2) is 36.4 Å². The summed E-state index contributed by atoms with van der Waals surface area (Å²) in [4.78, 5) is 21.2. The van der Waals surface area contributed by atoms with Gasteiger partial charge in [0.05, 0.1) is 6.61 Å². The maximum Gasteiger partial charge on any atom is 0.365 e. The van der Waals surface area contributed by atoms with Gasteiger partial charge in [0.25, 0.3) is 0 Å². The van der Waals surface area contributed by atoms with E-state index >= 15 is 0 Å². The van der Waals surface area contributed by atoms with Crippen molar-refractivity contribution in [2.75, 3.05) is 6.61 Å². The van der Waals surface area contributed by atoms with E-state index in [1.807, 2.05) is 30.3 Å². The molecule has 0 aliphatic carbocycles. The van der Waals surface area contributed by atoms with E-state index in [4.69, 9.17) is 9.78 Å². The number of carbonyl (C=O) groups excluding carboxylic acids is 1. The zero-order valence-corrected chi connectivity index (χ0v) is 12.4. The maximum atomic E-state index is 11.5. The Morgan fingerprint density at radius 3 is 2.65 bits per heavy atom. The lowest BCUT2D eigenvalue weighted by Crippen LogP contribution is -2.11. The van der Waals surface area contributed by atoms with Crippen molar-refractivity contribution >= 4 is 12.0 Å². The van der Waals surface area contributed by atoms with Gasteiger partial charge in [-0.05, 0) is 24.0 Å². The van der Waals surface area contributed by atoms with Crippen molar-refractivity contribution in [1.82, 2.24) is 0 Å². The summed E-state index contributed by atoms with van der Waals surface area (Å²) in [6.07, 6.45) is 7.60. The van der Waals surface area contributed by atoms with E-state index in [-0.39, 0.29) is 0 Å². The van der Waals surface area contributed by atoms with Gasteiger partial charge in [0.2, 0.25) is 0 Å². The molecule has 0 aromatic heterocycles. The Hall–Kier alpha value is -1.61. The molecule has 0 saturated heterocycles. The van der Waals surface area contributed by atoms with Crippen LogP contribution in [0.1, 0.15) is 45.1 Å². The van der Waals surface area contributed by atoms with Crippen LogP contribution in [0.4, 0.5) is 0 Å². The predicted octanol–water partition coefficient (Wildman–Crippen LogP) is 4.39. The van der Waals surface area contributed by atoms with Crippen molar-refractivity contribution in [2.24, 2.45) is 5.92 Å². The molecule has 1 aromatic rings. The summed E-state index contributed by atoms with van der Waals surface area (Å²) in [5.74, 6) is -0.0138. The molecule has 0 amide bonds. The Balaban J connectivity index is 2.24. The third kappa shape index (κ3) is 7.10. The van der Waals surface area contributed by atoms with Crippen molar-refractivity contribution in [3.8, 4) is 0 Å². The van der Waals surface area contributed by atoms with Crippen LogP contribution in [0.3, 0.4) is 0 Å². The van der Waals surface area contributed by atoms with Gasteiger partial charge in [0, 0.05) is 6.08 Å². The molecule has 3 heteroatoms. The molecule has 110 valence electrons. The van der Waals surface area contributed by atoms with E-state index in [9.17, 15) is 4.79 Å². The Morgan fingerprint density at radius 1 is 1.25 bits per heavy atom. The highest BCUT2D eigenvalue weighted by atomic mass is 17.2. The SMILES string of the molecule is CCCCC(CC)COOC(=O)C=Cc1ccccc1. The largest absolute Gasteiger partial charge is 0.365 e. The molecule has 3 nitrogen and oxygen atoms in total. The molecule has 0 saturated carbocycles. The standard InChI is InChI=1S/C17H24O3/c1-3-5-9-15(4-2)14-19-20-17(18)13-12-16-10-7-6-8-11-16/h6-8,10-13,15H,3-5,9,14H2,1-2H3. The number of carbonyl (C=O) groups is 1. The van der Waals surface area contributed by atoms with E-state index < -0.39 is 5.97 Å². The molecule has 1 rings (SSSR count). The highest BCUT2D eigenvalue weighted by molar-refractivity contribution is 5.86. The zero-order valence-electron chi connectivity index (χ0n) is 12.4. The van der Waals surface area contributed by atoms with Crippen molar-refractivity contribution in [1.29, 1.82) is 0 Å². The fourth-order valence-electron chi connectivity index (χ4n) is 1.84. The summed E-state index contributed by atoms with van der Waals surface area (Å²) in [5.41, 5.74) is 0.957. The summed E-state index contributed by atoms with van der Waals surface area (Å²) in [6, 6.07) is 9.60. The third-order valence-corrected chi connectivity index (χ3v) is 3.20. The highest BCUT2D eigenvalue weighted by Crippen LogP contribution is 2.13. The second-order valence-electron chi connectivity index (χ2n) is 4.85. The summed E-state index contributed by atoms with van der Waals surface area (Å²) in [6.45, 7) is 4.77. The van der Waals surface area contributed by atoms with Crippen LogP contribution >= 0.6 is 0 Å². The van der Waals surface area contributed by atoms with Crippen molar-refractivity contribution in [2.45, 2.75) is 39.5 Å². The maximum absolute atomic E-state index is 11.5. The topological polar surface area (TPSA) is 35.5 Å². The molecule has 0 aliphatic heterocycles. The Bertz CT molecular complexity index is 398. The number of benzene rings is 1. The quantitative estimate of drug-likeness (QED) is 0.381. The molecular weight excluding hydrogens is 252 g/mol. The molecule has 0 spiro atoms. The summed E-state index contributed by atoms with van der Waals surface area (Å²) < 4.78 is 0. The third-order valence-electron chi connectivity index (χ3n) is 3.20. The molecule has 0 N–H and O–H groups in total. The molecule has 20 heavy (non-hydrogen) atoms. The fourth-order valence-corrected chi connectivity index (χ4v) is 1.84. The molecule has 0 fully saturated rings. The first-order valence-corrected chi connectivity index (χ1v) is 7.32. The minimum Gasteiger partial charge on any atom is -0.294 e. The van der Waals surface area contributed by atoms with Crippen LogP contribution in [0.5, 0.6) is 0 Å². The second kappa shape index (κ2) is 10.2. The molecule has 1 atom stereocenters. The van der Waals surface area contributed by atoms with Crippen molar-refractivity contribution in [3.05, 3.63) is 42.0 Å². The average molecular weight is 276 g/mol. The number of hydrogen-bond donors (Lipinski definition) is 0. The lowest BCUT2D eigenvalue weighted by atomic mass is 10.0. The molecule has 0 bridgehead atoms. The summed E-state index contributed by atoms with van der Waals surface area (Å²) in [7, 11) is 0. The van der Waals surface area contributed by atoms with Crippen molar-refractivity contribution in [3.63, 3.8) is 0 Å². The Kier molecular flexibility index (Phi) is 8.40. The second-order valence-corrected chi connectivity index (χ2v) is 4.85. The van der Waals surface area contributed by atoms with E-state index in [1.54, 1.807) is 6.08 Å². The first kappa shape index (κ1) is 16.4. The van der Waals surface area contributed by atoms with Gasteiger partial charge in [-0.15, -0.1) is 0 Å². The van der Waals surface area contributed by atoms with Gasteiger partial charge in [-0.3, -0.25) is 4.89 Å². The zero-order chi connectivity index (χ0) is 14.6. The molecule has 1 aromatic carbocycles. The van der Waals surface area contributed by atoms with Crippen LogP contribution in [-0.4, -0.2) is 12.6 Å². The Morgan fingerprint density at radius 2 is 2.00 bits per heavy atom. The monoisotopic (exact) mass is 276 g/mol. The van der Waals surface area contributed by atoms with E-state index in [0.29, 0.717) is 12.5 Å². The van der Waals surface area contributed by atoms with Crippen LogP contribution in [0.2, 0.25) is 0 Å². The van der Waals surface area contributed by atoms with E-state index in [2.05, 4.69) is 13.8 Å². The summed E-state index contributed by atoms with van der Waals surface area (Å²) in [5, 5.41) is 0. The van der Waals surface area contributed by atoms with Crippen LogP contribution < -0.4 is 0 Å². The van der Waals surface area contributed by atoms with Gasteiger partial charge in [-0.2, -0.15) is 4.89 Å². The van der Waals surface area contributed by atoms with Gasteiger partial charge in [0.1, 0.15) is 0 Å². The number of hydrogen-bond acceptors (Lipinski definition) is 3. The number of rotatable bonds is 9. The lowest BCUT2D eigenvalue weighted by Gasteiger charge is -2.12. The first-order valence-electron chi connectivity index (χ1n) is 7.32. The van der Waals surface area contributed by atoms with Gasteiger partial charge in [0.15, 0.2) is 0 Å². The van der Waals surface area contributed by atoms with Crippen LogP contribution in [0, 0.1) is 5.92 Å². The smallest absolute Gasteiger partial charge is 0.294 e. The predicted molar refractivity (Wildman–Crippen MR) is 80.8 cm³/mol. The van der Waals surface area contributed by atoms with Crippen molar-refractivity contribution < 1.29 is 14.6 Å². The van der Waals surface area contributed by atoms with Gasteiger partial charge in [-0.25, -0.2) is 4.79 Å². The molecule has 0 heterocycles. The van der Waals surface area contributed by atoms with Gasteiger partial charge < -0.3 is 0 Å². The van der Waals surface area contributed by atoms with E-state index in [0.717, 1.165) is 18.4 Å². The van der Waals surface area contributed by atoms with E-state index in [1.165, 1.54) is 18.9 Å². The molecule has 1 unspecified atom stereocenters. The average Bonchev–Trinajstić information content (AvgIpc) is 2.49. The fraction of sp³-hybridized carbons (Fsp3) is 0.471. The minimum absolute atomic E-state index is 0.459. The summed E-state index contributed by atoms with van der Waals surface area (Å²) >= 11 is 0. The normalized spacial score (nSPS) is 12.5. The van der Waals surface area contributed by atoms with Crippen LogP contribution in [-0.2, 0) is 14.6 Å². The molecule has 0 radical (unpaired) electrons. The number of unbranched alkanes of at least 4 members (excludes halogenated alkanes) is 1. The molecular formula is C17H24O3. The lowest BCUT2D eigenvalue weighted by molar-refractivity contribution is -0.273. The van der Waals surface area contributed by atoms with Gasteiger partial charge in [-0.1, -0.05) is 63.4 Å². The first-order chi connectivity index (χ1) is 9.76. The van der Waals surface area contributed by atoms with Crippen LogP contribution in [0.25, 0.3) is 6.08 Å². The molecule has 0 aliphatic rings.